The van der Waals surface area contributed by atoms with Crippen LogP contribution in [0.2, 0.25) is 0 Å². The monoisotopic (exact) mass is 487 g/mol. The van der Waals surface area contributed by atoms with Gasteiger partial charge >= 0.3 is 0 Å². The van der Waals surface area contributed by atoms with Crippen LogP contribution in [0.25, 0.3) is 5.69 Å². The van der Waals surface area contributed by atoms with Crippen molar-refractivity contribution in [3.8, 4) is 5.69 Å². The van der Waals surface area contributed by atoms with Gasteiger partial charge in [0.05, 0.1) is 35.5 Å². The first kappa shape index (κ1) is 22.9. The SMILES string of the molecule is CN(C(=O)CSc1nc(C2CC2)n(-c2ccccc2)n1)c1ccccc1C(=O)NCc1ccco1. The summed E-state index contributed by atoms with van der Waals surface area (Å²) in [6.07, 6.45) is 3.77. The Morgan fingerprint density at radius 2 is 1.86 bits per heavy atom. The van der Waals surface area contributed by atoms with E-state index in [1.807, 2.05) is 35.0 Å². The van der Waals surface area contributed by atoms with Gasteiger partial charge in [-0.25, -0.2) is 9.67 Å². The fourth-order valence-corrected chi connectivity index (χ4v) is 4.47. The number of thioether (sulfide) groups is 1. The Hall–Kier alpha value is -3.85. The van der Waals surface area contributed by atoms with Crippen molar-refractivity contribution in [3.05, 3.63) is 90.1 Å². The summed E-state index contributed by atoms with van der Waals surface area (Å²) in [4.78, 5) is 32.1. The number of anilines is 1. The summed E-state index contributed by atoms with van der Waals surface area (Å²) < 4.78 is 7.15. The first-order valence-electron chi connectivity index (χ1n) is 11.4. The number of amides is 2. The van der Waals surface area contributed by atoms with E-state index in [2.05, 4.69) is 10.4 Å². The highest BCUT2D eigenvalue weighted by Gasteiger charge is 2.30. The van der Waals surface area contributed by atoms with Crippen LogP contribution in [0.5, 0.6) is 0 Å². The van der Waals surface area contributed by atoms with E-state index in [-0.39, 0.29) is 24.1 Å². The average Bonchev–Trinajstić information content (AvgIpc) is 3.43. The van der Waals surface area contributed by atoms with Crippen molar-refractivity contribution in [2.24, 2.45) is 0 Å². The molecular formula is C26H25N5O3S. The Morgan fingerprint density at radius 3 is 2.60 bits per heavy atom. The van der Waals surface area contributed by atoms with Crippen molar-refractivity contribution in [1.82, 2.24) is 20.1 Å². The lowest BCUT2D eigenvalue weighted by molar-refractivity contribution is -0.115. The number of carbonyl (C=O) groups is 2. The molecule has 1 aliphatic rings. The summed E-state index contributed by atoms with van der Waals surface area (Å²) in [5, 5.41) is 8.07. The van der Waals surface area contributed by atoms with Crippen molar-refractivity contribution in [1.29, 1.82) is 0 Å². The molecule has 8 nitrogen and oxygen atoms in total. The van der Waals surface area contributed by atoms with Crippen LogP contribution in [0, 0.1) is 0 Å². The van der Waals surface area contributed by atoms with Crippen LogP contribution in [-0.2, 0) is 11.3 Å². The van der Waals surface area contributed by atoms with Gasteiger partial charge in [0, 0.05) is 13.0 Å². The molecule has 0 radical (unpaired) electrons. The molecule has 1 N–H and O–H groups in total. The molecule has 5 rings (SSSR count). The first-order chi connectivity index (χ1) is 17.1. The lowest BCUT2D eigenvalue weighted by Crippen LogP contribution is -2.31. The van der Waals surface area contributed by atoms with Crippen molar-refractivity contribution in [2.45, 2.75) is 30.5 Å². The molecule has 2 heterocycles. The van der Waals surface area contributed by atoms with E-state index < -0.39 is 0 Å². The van der Waals surface area contributed by atoms with Crippen LogP contribution in [0.3, 0.4) is 0 Å². The maximum absolute atomic E-state index is 13.0. The molecule has 0 aliphatic heterocycles. The Bertz CT molecular complexity index is 1320. The predicted molar refractivity (Wildman–Crippen MR) is 134 cm³/mol. The molecule has 1 aliphatic carbocycles. The van der Waals surface area contributed by atoms with E-state index in [9.17, 15) is 9.59 Å². The van der Waals surface area contributed by atoms with Crippen molar-refractivity contribution in [2.75, 3.05) is 17.7 Å². The van der Waals surface area contributed by atoms with Crippen molar-refractivity contribution >= 4 is 29.3 Å². The Kier molecular flexibility index (Phi) is 6.67. The lowest BCUT2D eigenvalue weighted by Gasteiger charge is -2.20. The van der Waals surface area contributed by atoms with E-state index in [0.29, 0.717) is 28.1 Å². The van der Waals surface area contributed by atoms with Crippen LogP contribution in [0.15, 0.2) is 82.6 Å². The van der Waals surface area contributed by atoms with Crippen molar-refractivity contribution < 1.29 is 14.0 Å². The molecule has 0 atom stereocenters. The average molecular weight is 488 g/mol. The van der Waals surface area contributed by atoms with Gasteiger partial charge in [-0.3, -0.25) is 9.59 Å². The molecule has 1 fully saturated rings. The second kappa shape index (κ2) is 10.2. The van der Waals surface area contributed by atoms with E-state index >= 15 is 0 Å². The zero-order chi connectivity index (χ0) is 24.2. The first-order valence-corrected chi connectivity index (χ1v) is 12.4. The quantitative estimate of drug-likeness (QED) is 0.351. The summed E-state index contributed by atoms with van der Waals surface area (Å²) in [5.41, 5.74) is 1.92. The standard InChI is InChI=1S/C26H25N5O3S/c1-30(22-12-6-5-11-21(22)25(33)27-16-20-10-7-15-34-20)23(32)17-35-26-28-24(18-13-14-18)31(29-26)19-8-3-2-4-9-19/h2-12,15,18H,13-14,16-17H2,1H3,(H,27,33). The van der Waals surface area contributed by atoms with Gasteiger partial charge in [0.1, 0.15) is 11.6 Å². The number of para-hydroxylation sites is 2. The number of nitrogens with one attached hydrogen (secondary N) is 1. The second-order valence-corrected chi connectivity index (χ2v) is 9.24. The highest BCUT2D eigenvalue weighted by atomic mass is 32.2. The topological polar surface area (TPSA) is 93.3 Å². The van der Waals surface area contributed by atoms with Gasteiger partial charge in [0.2, 0.25) is 11.1 Å². The van der Waals surface area contributed by atoms with Gasteiger partial charge in [-0.15, -0.1) is 5.10 Å². The number of nitrogens with zero attached hydrogens (tertiary/aromatic N) is 4. The number of rotatable bonds is 9. The fourth-order valence-electron chi connectivity index (χ4n) is 3.72. The van der Waals surface area contributed by atoms with E-state index in [1.165, 1.54) is 16.7 Å². The Morgan fingerprint density at radius 1 is 1.09 bits per heavy atom. The van der Waals surface area contributed by atoms with Gasteiger partial charge in [-0.05, 0) is 49.2 Å². The zero-order valence-corrected chi connectivity index (χ0v) is 20.1. The maximum Gasteiger partial charge on any atom is 0.253 e. The normalized spacial score (nSPS) is 12.9. The molecule has 2 aromatic heterocycles. The van der Waals surface area contributed by atoms with Gasteiger partial charge in [-0.2, -0.15) is 0 Å². The van der Waals surface area contributed by atoms with Gasteiger partial charge in [0.15, 0.2) is 0 Å². The molecule has 178 valence electrons. The van der Waals surface area contributed by atoms with Crippen molar-refractivity contribution in [3.63, 3.8) is 0 Å². The number of benzene rings is 2. The van der Waals surface area contributed by atoms with Crippen LogP contribution in [-0.4, -0.2) is 39.4 Å². The smallest absolute Gasteiger partial charge is 0.253 e. The Balaban J connectivity index is 1.26. The molecule has 0 spiro atoms. The van der Waals surface area contributed by atoms with E-state index in [4.69, 9.17) is 9.40 Å². The third kappa shape index (κ3) is 5.30. The van der Waals surface area contributed by atoms with Gasteiger partial charge in [0.25, 0.3) is 5.91 Å². The Labute approximate surface area is 207 Å². The van der Waals surface area contributed by atoms with Gasteiger partial charge < -0.3 is 14.6 Å². The fraction of sp³-hybridized carbons (Fsp3) is 0.231. The number of furan rings is 1. The molecule has 35 heavy (non-hydrogen) atoms. The highest BCUT2D eigenvalue weighted by molar-refractivity contribution is 7.99. The minimum atomic E-state index is -0.276. The minimum absolute atomic E-state index is 0.148. The van der Waals surface area contributed by atoms with Crippen LogP contribution >= 0.6 is 11.8 Å². The lowest BCUT2D eigenvalue weighted by atomic mass is 10.1. The summed E-state index contributed by atoms with van der Waals surface area (Å²) in [7, 11) is 1.67. The highest BCUT2D eigenvalue weighted by Crippen LogP contribution is 2.40. The summed E-state index contributed by atoms with van der Waals surface area (Å²) in [6, 6.07) is 20.5. The predicted octanol–water partition coefficient (Wildman–Crippen LogP) is 4.42. The molecule has 2 amide bonds. The van der Waals surface area contributed by atoms with Crippen LogP contribution < -0.4 is 10.2 Å². The van der Waals surface area contributed by atoms with E-state index in [0.717, 1.165) is 24.4 Å². The van der Waals surface area contributed by atoms with Gasteiger partial charge in [-0.1, -0.05) is 42.1 Å². The number of aromatic nitrogens is 3. The molecule has 2 aromatic carbocycles. The zero-order valence-electron chi connectivity index (χ0n) is 19.3. The molecule has 4 aromatic rings. The third-order valence-corrected chi connectivity index (χ3v) is 6.59. The van der Waals surface area contributed by atoms with Crippen LogP contribution in [0.1, 0.15) is 40.7 Å². The minimum Gasteiger partial charge on any atom is -0.467 e. The molecule has 1 saturated carbocycles. The number of hydrogen-bond acceptors (Lipinski definition) is 6. The largest absolute Gasteiger partial charge is 0.467 e. The summed E-state index contributed by atoms with van der Waals surface area (Å²) in [6.45, 7) is 0.271. The molecular weight excluding hydrogens is 462 g/mol. The molecule has 0 bridgehead atoms. The van der Waals surface area contributed by atoms with Crippen LogP contribution in [0.4, 0.5) is 5.69 Å². The second-order valence-electron chi connectivity index (χ2n) is 8.29. The summed E-state index contributed by atoms with van der Waals surface area (Å²) >= 11 is 1.30. The molecule has 0 saturated heterocycles. The number of carbonyl (C=O) groups excluding carboxylic acids is 2. The third-order valence-electron chi connectivity index (χ3n) is 5.77. The van der Waals surface area contributed by atoms with E-state index in [1.54, 1.807) is 49.7 Å². The molecule has 0 unspecified atom stereocenters. The maximum atomic E-state index is 13.0. The summed E-state index contributed by atoms with van der Waals surface area (Å²) in [5.74, 6) is 1.75. The number of hydrogen-bond donors (Lipinski definition) is 1. The molecule has 9 heteroatoms.